The smallest absolute Gasteiger partial charge is 0.356 e. The molecule has 2 rings (SSSR count). The quantitative estimate of drug-likeness (QED) is 0.841. The molecule has 0 saturated carbocycles. The minimum absolute atomic E-state index is 0.234. The Balaban J connectivity index is 0.00000106. The molecule has 1 aliphatic heterocycles. The van der Waals surface area contributed by atoms with E-state index in [9.17, 15) is 9.18 Å². The zero-order valence-electron chi connectivity index (χ0n) is 12.7. The number of methoxy groups -OCH3 is 1. The van der Waals surface area contributed by atoms with Crippen LogP contribution in [0.15, 0.2) is 34.6 Å². The highest BCUT2D eigenvalue weighted by Gasteiger charge is 2.18. The summed E-state index contributed by atoms with van der Waals surface area (Å²) in [5.41, 5.74) is 1.82. The van der Waals surface area contributed by atoms with Gasteiger partial charge >= 0.3 is 5.97 Å². The number of aliphatic imine (C=N–C) groups is 1. The molecule has 21 heavy (non-hydrogen) atoms. The molecule has 0 radical (unpaired) electrons. The third kappa shape index (κ3) is 4.30. The summed E-state index contributed by atoms with van der Waals surface area (Å²) >= 11 is 0. The van der Waals surface area contributed by atoms with E-state index < -0.39 is 5.97 Å². The summed E-state index contributed by atoms with van der Waals surface area (Å²) < 4.78 is 18.4. The number of benzene rings is 1. The first-order chi connectivity index (χ1) is 10.1. The lowest BCUT2D eigenvalue weighted by Crippen LogP contribution is -2.29. The molecule has 0 saturated heterocycles. The first-order valence-corrected chi connectivity index (χ1v) is 6.71. The van der Waals surface area contributed by atoms with Crippen molar-refractivity contribution in [3.05, 3.63) is 41.0 Å². The van der Waals surface area contributed by atoms with Crippen molar-refractivity contribution in [1.82, 2.24) is 5.32 Å². The predicted octanol–water partition coefficient (Wildman–Crippen LogP) is 2.59. The van der Waals surface area contributed by atoms with Gasteiger partial charge < -0.3 is 15.4 Å². The Labute approximate surface area is 123 Å². The van der Waals surface area contributed by atoms with Crippen LogP contribution < -0.4 is 10.6 Å². The summed E-state index contributed by atoms with van der Waals surface area (Å²) in [6, 6.07) is 4.81. The maximum Gasteiger partial charge on any atom is 0.356 e. The molecule has 114 valence electrons. The van der Waals surface area contributed by atoms with Crippen LogP contribution in [0.4, 0.5) is 10.1 Å². The van der Waals surface area contributed by atoms with Gasteiger partial charge in [0.2, 0.25) is 0 Å². The molecule has 1 heterocycles. The number of rotatable bonds is 3. The lowest BCUT2D eigenvalue weighted by atomic mass is 10.2. The largest absolute Gasteiger partial charge is 0.464 e. The fourth-order valence-corrected chi connectivity index (χ4v) is 1.68. The van der Waals surface area contributed by atoms with E-state index in [2.05, 4.69) is 20.4 Å². The van der Waals surface area contributed by atoms with E-state index >= 15 is 0 Å². The van der Waals surface area contributed by atoms with Gasteiger partial charge in [-0.2, -0.15) is 0 Å². The summed E-state index contributed by atoms with van der Waals surface area (Å²) in [5, 5.41) is 5.57. The number of halogens is 1. The van der Waals surface area contributed by atoms with Gasteiger partial charge in [-0.05, 0) is 24.6 Å². The monoisotopic (exact) mass is 293 g/mol. The molecular weight excluding hydrogens is 273 g/mol. The topological polar surface area (TPSA) is 62.7 Å². The molecule has 0 unspecified atom stereocenters. The van der Waals surface area contributed by atoms with E-state index in [0.29, 0.717) is 11.4 Å². The van der Waals surface area contributed by atoms with Crippen LogP contribution in [-0.2, 0) is 9.53 Å². The molecule has 1 aliphatic rings. The van der Waals surface area contributed by atoms with Gasteiger partial charge in [0.25, 0.3) is 0 Å². The Morgan fingerprint density at radius 3 is 2.76 bits per heavy atom. The molecule has 2 N–H and O–H groups in total. The van der Waals surface area contributed by atoms with Crippen molar-refractivity contribution in [2.24, 2.45) is 4.99 Å². The number of aryl methyl sites for hydroxylation is 1. The van der Waals surface area contributed by atoms with Crippen LogP contribution in [0.5, 0.6) is 0 Å². The molecule has 0 fully saturated rings. The zero-order valence-corrected chi connectivity index (χ0v) is 12.7. The molecule has 0 spiro atoms. The van der Waals surface area contributed by atoms with Gasteiger partial charge in [-0.1, -0.05) is 19.9 Å². The number of anilines is 1. The van der Waals surface area contributed by atoms with Crippen LogP contribution in [0.2, 0.25) is 0 Å². The third-order valence-electron chi connectivity index (χ3n) is 2.65. The summed E-state index contributed by atoms with van der Waals surface area (Å²) in [4.78, 5) is 15.6. The fourth-order valence-electron chi connectivity index (χ4n) is 1.68. The maximum absolute atomic E-state index is 13.8. The first-order valence-electron chi connectivity index (χ1n) is 6.71. The number of carbonyl (C=O) groups excluding carboxylic acids is 1. The highest BCUT2D eigenvalue weighted by molar-refractivity contribution is 5.93. The van der Waals surface area contributed by atoms with E-state index in [4.69, 9.17) is 0 Å². The average molecular weight is 293 g/mol. The van der Waals surface area contributed by atoms with Crippen molar-refractivity contribution in [2.75, 3.05) is 19.0 Å². The fraction of sp³-hybridized carbons (Fsp3) is 0.333. The Hall–Kier alpha value is -2.37. The van der Waals surface area contributed by atoms with Crippen molar-refractivity contribution in [3.63, 3.8) is 0 Å². The Morgan fingerprint density at radius 2 is 2.14 bits per heavy atom. The van der Waals surface area contributed by atoms with Gasteiger partial charge in [0.05, 0.1) is 31.4 Å². The summed E-state index contributed by atoms with van der Waals surface area (Å²) in [7, 11) is 1.28. The van der Waals surface area contributed by atoms with Crippen molar-refractivity contribution >= 4 is 18.0 Å². The molecule has 0 aliphatic carbocycles. The molecule has 6 heteroatoms. The van der Waals surface area contributed by atoms with E-state index in [-0.39, 0.29) is 18.1 Å². The number of hydrogen-bond acceptors (Lipinski definition) is 5. The summed E-state index contributed by atoms with van der Waals surface area (Å²) in [5.74, 6) is -0.910. The van der Waals surface area contributed by atoms with E-state index in [1.807, 2.05) is 13.8 Å². The molecule has 0 amide bonds. The minimum atomic E-state index is -0.527. The number of nitrogens with one attached hydrogen (secondary N) is 2. The van der Waals surface area contributed by atoms with Crippen LogP contribution in [0.25, 0.3) is 0 Å². The molecule has 0 aromatic heterocycles. The van der Waals surface area contributed by atoms with Crippen LogP contribution in [-0.4, -0.2) is 26.0 Å². The molecule has 0 atom stereocenters. The van der Waals surface area contributed by atoms with Crippen LogP contribution in [0.1, 0.15) is 19.4 Å². The van der Waals surface area contributed by atoms with Crippen molar-refractivity contribution in [1.29, 1.82) is 0 Å². The van der Waals surface area contributed by atoms with Crippen LogP contribution >= 0.6 is 0 Å². The first kappa shape index (κ1) is 16.7. The highest BCUT2D eigenvalue weighted by atomic mass is 19.1. The number of esters is 1. The SMILES string of the molecule is CC.COC(=O)C1=C(Nc2ccc(C)cc2F)CN=CN1. The summed E-state index contributed by atoms with van der Waals surface area (Å²) in [6.07, 6.45) is 1.41. The number of hydrogen-bond donors (Lipinski definition) is 2. The predicted molar refractivity (Wildman–Crippen MR) is 81.6 cm³/mol. The molecule has 1 aromatic rings. The van der Waals surface area contributed by atoms with Gasteiger partial charge in [0, 0.05) is 0 Å². The lowest BCUT2D eigenvalue weighted by Gasteiger charge is -2.17. The Kier molecular flexibility index (Phi) is 6.39. The highest BCUT2D eigenvalue weighted by Crippen LogP contribution is 2.19. The zero-order chi connectivity index (χ0) is 15.8. The van der Waals surface area contributed by atoms with E-state index in [0.717, 1.165) is 5.56 Å². The number of ether oxygens (including phenoxy) is 1. The summed E-state index contributed by atoms with van der Waals surface area (Å²) in [6.45, 7) is 6.06. The van der Waals surface area contributed by atoms with E-state index in [1.54, 1.807) is 19.1 Å². The van der Waals surface area contributed by atoms with Crippen molar-refractivity contribution in [3.8, 4) is 0 Å². The number of nitrogens with zero attached hydrogens (tertiary/aromatic N) is 1. The van der Waals surface area contributed by atoms with Gasteiger partial charge in [-0.3, -0.25) is 4.99 Å². The Morgan fingerprint density at radius 1 is 1.43 bits per heavy atom. The average Bonchev–Trinajstić information content (AvgIpc) is 2.52. The second-order valence-electron chi connectivity index (χ2n) is 4.07. The molecule has 0 bridgehead atoms. The molecular formula is C15H20FN3O2. The van der Waals surface area contributed by atoms with Gasteiger partial charge in [0.15, 0.2) is 0 Å². The van der Waals surface area contributed by atoms with Crippen molar-refractivity contribution < 1.29 is 13.9 Å². The second-order valence-corrected chi connectivity index (χ2v) is 4.07. The standard InChI is InChI=1S/C13H14FN3O2.C2H6/c1-8-3-4-10(9(14)5-8)17-11-6-15-7-16-12(11)13(18)19-2;1-2/h3-5,7,17H,6H2,1-2H3,(H,15,16);1-2H3. The van der Waals surface area contributed by atoms with Gasteiger partial charge in [-0.25, -0.2) is 9.18 Å². The minimum Gasteiger partial charge on any atom is -0.464 e. The molecule has 1 aromatic carbocycles. The van der Waals surface area contributed by atoms with Crippen LogP contribution in [0, 0.1) is 12.7 Å². The van der Waals surface area contributed by atoms with Crippen molar-refractivity contribution in [2.45, 2.75) is 20.8 Å². The van der Waals surface area contributed by atoms with Gasteiger partial charge in [0.1, 0.15) is 11.5 Å². The van der Waals surface area contributed by atoms with E-state index in [1.165, 1.54) is 19.5 Å². The van der Waals surface area contributed by atoms with Crippen LogP contribution in [0.3, 0.4) is 0 Å². The normalized spacial score (nSPS) is 13.0. The lowest BCUT2D eigenvalue weighted by molar-refractivity contribution is -0.136. The molecule has 5 nitrogen and oxygen atoms in total. The third-order valence-corrected chi connectivity index (χ3v) is 2.65. The number of carbonyl (C=O) groups is 1. The Bertz CT molecular complexity index is 568. The second kappa shape index (κ2) is 8.04. The van der Waals surface area contributed by atoms with Gasteiger partial charge in [-0.15, -0.1) is 0 Å². The maximum atomic E-state index is 13.8.